The van der Waals surface area contributed by atoms with E-state index in [1.54, 1.807) is 52.1 Å². The number of thiol groups is 1. The maximum absolute atomic E-state index is 14.1. The van der Waals surface area contributed by atoms with Gasteiger partial charge in [-0.2, -0.15) is 12.6 Å². The number of carbonyl (C=O) groups excluding carboxylic acids is 4. The predicted molar refractivity (Wildman–Crippen MR) is 203 cm³/mol. The van der Waals surface area contributed by atoms with Crippen molar-refractivity contribution < 1.29 is 48.0 Å². The molecule has 2 N–H and O–H groups in total. The van der Waals surface area contributed by atoms with Crippen molar-refractivity contribution in [1.82, 2.24) is 10.2 Å². The van der Waals surface area contributed by atoms with E-state index < -0.39 is 65.7 Å². The van der Waals surface area contributed by atoms with Crippen molar-refractivity contribution in [3.05, 3.63) is 46.5 Å². The van der Waals surface area contributed by atoms with Crippen molar-refractivity contribution in [3.63, 3.8) is 0 Å². The monoisotopic (exact) mass is 779 g/mol. The number of aliphatic hydroxyl groups is 1. The number of halogens is 1. The van der Waals surface area contributed by atoms with Gasteiger partial charge in [0.1, 0.15) is 40.7 Å². The molecule has 3 heterocycles. The summed E-state index contributed by atoms with van der Waals surface area (Å²) in [4.78, 5) is 56.5. The van der Waals surface area contributed by atoms with E-state index in [0.717, 1.165) is 11.1 Å². The zero-order valence-electron chi connectivity index (χ0n) is 32.2. The van der Waals surface area contributed by atoms with Crippen LogP contribution in [0.4, 0.5) is 10.5 Å². The molecule has 2 saturated heterocycles. The molecule has 8 atom stereocenters. The minimum atomic E-state index is -1.83. The van der Waals surface area contributed by atoms with Crippen LogP contribution in [0.3, 0.4) is 0 Å². The second-order valence-electron chi connectivity index (χ2n) is 15.2. The predicted octanol–water partition coefficient (Wildman–Crippen LogP) is 5.00. The molecule has 0 aliphatic carbocycles. The Morgan fingerprint density at radius 2 is 1.94 bits per heavy atom. The van der Waals surface area contributed by atoms with Gasteiger partial charge in [-0.1, -0.05) is 56.2 Å². The number of benzene rings is 1. The number of rotatable bonds is 8. The molecule has 1 unspecified atom stereocenters. The van der Waals surface area contributed by atoms with Gasteiger partial charge < -0.3 is 38.6 Å². The highest BCUT2D eigenvalue weighted by Crippen LogP contribution is 2.49. The molecule has 4 rings (SSSR count). The Labute approximate surface area is 322 Å². The third-order valence-electron chi connectivity index (χ3n) is 10.5. The van der Waals surface area contributed by atoms with Gasteiger partial charge in [-0.05, 0) is 51.3 Å². The summed E-state index contributed by atoms with van der Waals surface area (Å²) in [6.45, 7) is 10.8. The van der Waals surface area contributed by atoms with Gasteiger partial charge in [0.25, 0.3) is 0 Å². The van der Waals surface area contributed by atoms with Gasteiger partial charge in [0.15, 0.2) is 5.72 Å². The fourth-order valence-corrected chi connectivity index (χ4v) is 7.23. The van der Waals surface area contributed by atoms with Crippen molar-refractivity contribution in [3.8, 4) is 5.75 Å². The van der Waals surface area contributed by atoms with Crippen molar-refractivity contribution in [2.24, 2.45) is 5.92 Å². The molecular formula is C38H54ClN3O10S. The van der Waals surface area contributed by atoms with Crippen molar-refractivity contribution >= 4 is 53.8 Å². The molecule has 4 bridgehead atoms. The molecule has 2 fully saturated rings. The van der Waals surface area contributed by atoms with Crippen molar-refractivity contribution in [1.29, 1.82) is 0 Å². The van der Waals surface area contributed by atoms with Gasteiger partial charge in [0.2, 0.25) is 11.8 Å². The zero-order chi connectivity index (χ0) is 39.6. The molecule has 0 radical (unpaired) electrons. The van der Waals surface area contributed by atoms with E-state index in [2.05, 4.69) is 17.9 Å². The first-order valence-electron chi connectivity index (χ1n) is 17.7. The molecule has 1 aromatic carbocycles. The molecule has 0 spiro atoms. The number of carbonyl (C=O) groups is 4. The van der Waals surface area contributed by atoms with Gasteiger partial charge in [-0.15, -0.1) is 0 Å². The summed E-state index contributed by atoms with van der Waals surface area (Å²) in [5.41, 5.74) is -0.916. The summed E-state index contributed by atoms with van der Waals surface area (Å²) in [6.07, 6.45) is 1.61. The van der Waals surface area contributed by atoms with Crippen LogP contribution in [-0.4, -0.2) is 109 Å². The molecule has 3 aliphatic heterocycles. The van der Waals surface area contributed by atoms with Gasteiger partial charge in [-0.3, -0.25) is 14.9 Å². The van der Waals surface area contributed by atoms with E-state index in [1.807, 2.05) is 26.8 Å². The number of hydrogen-bond acceptors (Lipinski definition) is 11. The summed E-state index contributed by atoms with van der Waals surface area (Å²) in [5.74, 6) is -1.58. The lowest BCUT2D eigenvalue weighted by atomic mass is 9.83. The van der Waals surface area contributed by atoms with Crippen LogP contribution in [0.15, 0.2) is 35.9 Å². The molecule has 3 amide bonds. The number of amides is 3. The topological polar surface area (TPSA) is 156 Å². The number of hydrogen-bond donors (Lipinski definition) is 3. The summed E-state index contributed by atoms with van der Waals surface area (Å²) < 4.78 is 28.8. The number of nitrogens with one attached hydrogen (secondary N) is 1. The fraction of sp³-hybridized carbons (Fsp3) is 0.632. The van der Waals surface area contributed by atoms with E-state index in [1.165, 1.54) is 31.1 Å². The highest BCUT2D eigenvalue weighted by atomic mass is 35.5. The Hall–Kier alpha value is -3.30. The molecule has 0 saturated carbocycles. The van der Waals surface area contributed by atoms with Crippen LogP contribution < -0.4 is 15.0 Å². The van der Waals surface area contributed by atoms with Crippen molar-refractivity contribution in [2.75, 3.05) is 33.2 Å². The zero-order valence-corrected chi connectivity index (χ0v) is 33.9. The van der Waals surface area contributed by atoms with E-state index in [9.17, 15) is 24.3 Å². The summed E-state index contributed by atoms with van der Waals surface area (Å²) in [5, 5.41) is 14.5. The van der Waals surface area contributed by atoms with Gasteiger partial charge in [-0.25, -0.2) is 9.59 Å². The number of nitrogens with zero attached hydrogens (tertiary/aromatic N) is 2. The number of epoxide rings is 1. The molecule has 15 heteroatoms. The Morgan fingerprint density at radius 3 is 2.57 bits per heavy atom. The second kappa shape index (κ2) is 16.6. The van der Waals surface area contributed by atoms with E-state index in [-0.39, 0.29) is 34.9 Å². The van der Waals surface area contributed by atoms with Crippen LogP contribution in [-0.2, 0) is 39.8 Å². The first kappa shape index (κ1) is 42.4. The van der Waals surface area contributed by atoms with E-state index >= 15 is 0 Å². The average molecular weight is 780 g/mol. The molecular weight excluding hydrogens is 726 g/mol. The molecule has 3 aliphatic rings. The Kier molecular flexibility index (Phi) is 13.3. The number of methoxy groups -OCH3 is 2. The smallest absolute Gasteiger partial charge is 0.409 e. The lowest BCUT2D eigenvalue weighted by Crippen LogP contribution is -2.63. The Balaban J connectivity index is 1.74. The van der Waals surface area contributed by atoms with Gasteiger partial charge in [0.05, 0.1) is 25.3 Å². The van der Waals surface area contributed by atoms with Gasteiger partial charge >= 0.3 is 12.1 Å². The lowest BCUT2D eigenvalue weighted by Gasteiger charge is -2.42. The number of likely N-dealkylation sites (N-methyl/N-ethyl adjacent to an activating group) is 1. The van der Waals surface area contributed by atoms with Crippen LogP contribution in [0.2, 0.25) is 5.02 Å². The maximum Gasteiger partial charge on any atom is 0.409 e. The van der Waals surface area contributed by atoms with E-state index in [0.29, 0.717) is 24.3 Å². The Bertz CT molecular complexity index is 1630. The van der Waals surface area contributed by atoms with Crippen LogP contribution in [0.5, 0.6) is 5.75 Å². The van der Waals surface area contributed by atoms with Crippen LogP contribution in [0.25, 0.3) is 0 Å². The highest BCUT2D eigenvalue weighted by Gasteiger charge is 2.64. The molecule has 0 aromatic heterocycles. The number of ether oxygens (including phenoxy) is 5. The Morgan fingerprint density at radius 1 is 1.26 bits per heavy atom. The van der Waals surface area contributed by atoms with Crippen LogP contribution in [0, 0.1) is 5.92 Å². The summed E-state index contributed by atoms with van der Waals surface area (Å²) in [7, 11) is 6.02. The average Bonchev–Trinajstić information content (AvgIpc) is 3.78. The number of esters is 1. The second-order valence-corrected chi connectivity index (χ2v) is 16.8. The highest BCUT2D eigenvalue weighted by molar-refractivity contribution is 7.81. The van der Waals surface area contributed by atoms with E-state index in [4.69, 9.17) is 35.3 Å². The lowest BCUT2D eigenvalue weighted by molar-refractivity contribution is -0.162. The SMILES string of the molecule is COc1cc2cc(c1Cl)N(C)C(=O)C[C@H](OC(=O)[C@H](C)N(C)C(=O)CCC(C)(C)S)[C@]1(C)O[C@H]1[C@H](C)C1C[C@@](O)(NC(=O)O1)[C@H](OC)/C=C\C=C(\C)C2. The van der Waals surface area contributed by atoms with Crippen LogP contribution >= 0.6 is 24.2 Å². The van der Waals surface area contributed by atoms with Crippen molar-refractivity contribution in [2.45, 2.75) is 120 Å². The van der Waals surface area contributed by atoms with Crippen LogP contribution in [0.1, 0.15) is 72.8 Å². The molecule has 1 aromatic rings. The maximum atomic E-state index is 14.1. The first-order chi connectivity index (χ1) is 24.6. The third kappa shape index (κ3) is 9.88. The first-order valence-corrected chi connectivity index (χ1v) is 18.5. The standard InChI is InChI=1S/C38H54ClN3O10S/c1-21-12-11-13-28(49-10)38(47)20-27(50-35(46)40-38)22(2)33-37(6,52-33)29(51-34(45)23(3)41(7)30(43)14-15-36(4,5)53)19-31(44)42(8)25-17-24(16-21)18-26(48-9)32(25)39/h11-13,17-18,22-23,27-29,33,47,53H,14-16,19-20H2,1-10H3,(H,40,46)/b13-11-,21-12-/t22-,23+,27?,28-,29+,33+,37+,38+/m1/s1. The summed E-state index contributed by atoms with van der Waals surface area (Å²) in [6, 6.07) is 2.60. The third-order valence-corrected chi connectivity index (χ3v) is 11.1. The number of alkyl carbamates (subject to hydrolysis) is 1. The molecule has 13 nitrogen and oxygen atoms in total. The number of fused-ring (bicyclic) bond motifs is 5. The summed E-state index contributed by atoms with van der Waals surface area (Å²) >= 11 is 11.3. The largest absolute Gasteiger partial charge is 0.495 e. The fourth-order valence-electron chi connectivity index (χ4n) is 6.81. The van der Waals surface area contributed by atoms with Gasteiger partial charge in [0, 0.05) is 44.7 Å². The minimum Gasteiger partial charge on any atom is -0.495 e. The number of allylic oxidation sites excluding steroid dienone is 3. The molecule has 294 valence electrons. The normalized spacial score (nSPS) is 31.5. The molecule has 53 heavy (non-hydrogen) atoms. The quantitative estimate of drug-likeness (QED) is 0.187. The minimum absolute atomic E-state index is 0.0509. The number of anilines is 1.